The number of ketones is 1. The van der Waals surface area contributed by atoms with E-state index in [1.807, 2.05) is 36.3 Å². The van der Waals surface area contributed by atoms with Crippen molar-refractivity contribution in [1.82, 2.24) is 14.3 Å². The average Bonchev–Trinajstić information content (AvgIpc) is 3.32. The summed E-state index contributed by atoms with van der Waals surface area (Å²) >= 11 is 3.52. The highest BCUT2D eigenvalue weighted by Crippen LogP contribution is 2.34. The zero-order valence-corrected chi connectivity index (χ0v) is 17.2. The highest BCUT2D eigenvalue weighted by molar-refractivity contribution is 8.03. The molecule has 27 heavy (non-hydrogen) atoms. The quantitative estimate of drug-likeness (QED) is 0.258. The Morgan fingerprint density at radius 2 is 2.30 bits per heavy atom. The number of thioether (sulfide) groups is 2. The van der Waals surface area contributed by atoms with Gasteiger partial charge in [-0.1, -0.05) is 25.5 Å². The van der Waals surface area contributed by atoms with E-state index in [-0.39, 0.29) is 11.8 Å². The molecule has 5 nitrogen and oxygen atoms in total. The van der Waals surface area contributed by atoms with Crippen LogP contribution in [0.3, 0.4) is 0 Å². The van der Waals surface area contributed by atoms with E-state index in [9.17, 15) is 9.59 Å². The Labute approximate surface area is 168 Å². The zero-order valence-electron chi connectivity index (χ0n) is 15.5. The zero-order chi connectivity index (χ0) is 19.1. The van der Waals surface area contributed by atoms with E-state index in [1.165, 1.54) is 5.03 Å². The number of carbonyl (C=O) groups is 2. The largest absolute Gasteiger partial charge is 0.295 e. The SMILES string of the molecule is CCCC=C1SCN(CCCCSc2cccc3nccn23)C1C(=O)C=O. The summed E-state index contributed by atoms with van der Waals surface area (Å²) in [5.41, 5.74) is 0.968. The Morgan fingerprint density at radius 1 is 1.41 bits per heavy atom. The summed E-state index contributed by atoms with van der Waals surface area (Å²) < 4.78 is 2.10. The molecule has 144 valence electrons. The standard InChI is InChI=1S/C20H25N3O2S2/c1-2-3-7-17-20(16(25)14-24)22(15-27-17)11-4-5-13-26-19-9-6-8-18-21-10-12-23(18)19/h6-10,12,14,20H,2-5,11,13,15H2,1H3. The summed E-state index contributed by atoms with van der Waals surface area (Å²) in [6.45, 7) is 2.96. The minimum atomic E-state index is -0.355. The molecule has 0 amide bonds. The van der Waals surface area contributed by atoms with Gasteiger partial charge in [0.2, 0.25) is 5.78 Å². The first-order chi connectivity index (χ1) is 13.2. The molecule has 1 saturated heterocycles. The maximum atomic E-state index is 12.1. The summed E-state index contributed by atoms with van der Waals surface area (Å²) in [5, 5.41) is 1.19. The van der Waals surface area contributed by atoms with Crippen molar-refractivity contribution in [3.05, 3.63) is 41.6 Å². The van der Waals surface area contributed by atoms with Crippen molar-refractivity contribution in [3.63, 3.8) is 0 Å². The number of hydrogen-bond donors (Lipinski definition) is 0. The van der Waals surface area contributed by atoms with Crippen LogP contribution >= 0.6 is 23.5 Å². The Balaban J connectivity index is 1.48. The molecule has 0 N–H and O–H groups in total. The molecule has 1 aliphatic heterocycles. The molecule has 0 bridgehead atoms. The minimum Gasteiger partial charge on any atom is -0.295 e. The molecule has 3 heterocycles. The van der Waals surface area contributed by atoms with Crippen LogP contribution in [0.1, 0.15) is 32.6 Å². The lowest BCUT2D eigenvalue weighted by molar-refractivity contribution is -0.132. The number of unbranched alkanes of at least 4 members (excludes halogenated alkanes) is 2. The van der Waals surface area contributed by atoms with Crippen molar-refractivity contribution in [1.29, 1.82) is 0 Å². The molecule has 3 rings (SSSR count). The van der Waals surface area contributed by atoms with E-state index in [4.69, 9.17) is 0 Å². The van der Waals surface area contributed by atoms with Crippen LogP contribution in [0.25, 0.3) is 5.65 Å². The highest BCUT2D eigenvalue weighted by atomic mass is 32.2. The van der Waals surface area contributed by atoms with Crippen LogP contribution < -0.4 is 0 Å². The third kappa shape index (κ3) is 5.03. The second-order valence-electron chi connectivity index (χ2n) is 6.48. The van der Waals surface area contributed by atoms with Crippen molar-refractivity contribution in [3.8, 4) is 0 Å². The van der Waals surface area contributed by atoms with Gasteiger partial charge in [-0.2, -0.15) is 0 Å². The molecular weight excluding hydrogens is 378 g/mol. The molecule has 1 fully saturated rings. The fourth-order valence-electron chi connectivity index (χ4n) is 3.16. The van der Waals surface area contributed by atoms with Crippen LogP contribution in [0.15, 0.2) is 46.6 Å². The smallest absolute Gasteiger partial charge is 0.217 e. The number of pyridine rings is 1. The van der Waals surface area contributed by atoms with Gasteiger partial charge in [-0.15, -0.1) is 23.5 Å². The first-order valence-corrected chi connectivity index (χ1v) is 11.3. The van der Waals surface area contributed by atoms with Gasteiger partial charge in [0.15, 0.2) is 6.29 Å². The summed E-state index contributed by atoms with van der Waals surface area (Å²) in [4.78, 5) is 30.7. The molecule has 1 atom stereocenters. The van der Waals surface area contributed by atoms with Crippen LogP contribution in [0.4, 0.5) is 0 Å². The molecule has 2 aromatic rings. The third-order valence-electron chi connectivity index (χ3n) is 4.53. The lowest BCUT2D eigenvalue weighted by Crippen LogP contribution is -2.38. The fraction of sp³-hybridized carbons (Fsp3) is 0.450. The van der Waals surface area contributed by atoms with Crippen LogP contribution in [-0.2, 0) is 9.59 Å². The molecule has 0 radical (unpaired) electrons. The molecule has 2 aromatic heterocycles. The Morgan fingerprint density at radius 3 is 3.11 bits per heavy atom. The Bertz CT molecular complexity index is 818. The molecule has 0 aromatic carbocycles. The van der Waals surface area contributed by atoms with E-state index < -0.39 is 0 Å². The van der Waals surface area contributed by atoms with Gasteiger partial charge < -0.3 is 0 Å². The maximum Gasteiger partial charge on any atom is 0.217 e. The molecule has 0 aliphatic carbocycles. The number of aldehydes is 1. The first-order valence-electron chi connectivity index (χ1n) is 9.35. The third-order valence-corrected chi connectivity index (χ3v) is 6.84. The normalized spacial score (nSPS) is 19.1. The van der Waals surface area contributed by atoms with Crippen molar-refractivity contribution < 1.29 is 9.59 Å². The van der Waals surface area contributed by atoms with Gasteiger partial charge >= 0.3 is 0 Å². The number of imidazole rings is 1. The fourth-order valence-corrected chi connectivity index (χ4v) is 5.44. The summed E-state index contributed by atoms with van der Waals surface area (Å²) in [6.07, 6.45) is 10.5. The number of aromatic nitrogens is 2. The number of allylic oxidation sites excluding steroid dienone is 1. The minimum absolute atomic E-state index is 0.316. The van der Waals surface area contributed by atoms with Gasteiger partial charge in [0.05, 0.1) is 5.03 Å². The first kappa shape index (κ1) is 20.2. The second kappa shape index (κ2) is 10.1. The van der Waals surface area contributed by atoms with Gasteiger partial charge in [-0.3, -0.25) is 18.9 Å². The second-order valence-corrected chi connectivity index (χ2v) is 8.61. The van der Waals surface area contributed by atoms with Gasteiger partial charge in [0.1, 0.15) is 11.7 Å². The summed E-state index contributed by atoms with van der Waals surface area (Å²) in [6, 6.07) is 5.79. The van der Waals surface area contributed by atoms with E-state index in [2.05, 4.69) is 33.4 Å². The van der Waals surface area contributed by atoms with E-state index >= 15 is 0 Å². The lowest BCUT2D eigenvalue weighted by atomic mass is 10.1. The van der Waals surface area contributed by atoms with Gasteiger partial charge in [-0.25, -0.2) is 4.98 Å². The summed E-state index contributed by atoms with van der Waals surface area (Å²) in [7, 11) is 0. The average molecular weight is 404 g/mol. The van der Waals surface area contributed by atoms with Gasteiger partial charge in [0.25, 0.3) is 0 Å². The van der Waals surface area contributed by atoms with Crippen LogP contribution in [0.5, 0.6) is 0 Å². The van der Waals surface area contributed by atoms with Crippen molar-refractivity contribution in [2.45, 2.75) is 43.7 Å². The molecule has 1 unspecified atom stereocenters. The number of nitrogens with zero attached hydrogens (tertiary/aromatic N) is 3. The predicted octanol–water partition coefficient (Wildman–Crippen LogP) is 4.03. The lowest BCUT2D eigenvalue weighted by Gasteiger charge is -2.21. The van der Waals surface area contributed by atoms with E-state index in [1.54, 1.807) is 11.8 Å². The van der Waals surface area contributed by atoms with Crippen LogP contribution in [-0.4, -0.2) is 50.6 Å². The highest BCUT2D eigenvalue weighted by Gasteiger charge is 2.34. The maximum absolute atomic E-state index is 12.1. The van der Waals surface area contributed by atoms with Crippen molar-refractivity contribution in [2.75, 3.05) is 18.2 Å². The van der Waals surface area contributed by atoms with Gasteiger partial charge in [-0.05, 0) is 37.1 Å². The Kier molecular flexibility index (Phi) is 7.55. The molecule has 0 spiro atoms. The topological polar surface area (TPSA) is 54.7 Å². The van der Waals surface area contributed by atoms with Gasteiger partial charge in [0, 0.05) is 29.7 Å². The molecule has 1 aliphatic rings. The molecule has 0 saturated carbocycles. The number of carbonyl (C=O) groups excluding carboxylic acids is 2. The van der Waals surface area contributed by atoms with Crippen molar-refractivity contribution >= 4 is 41.2 Å². The van der Waals surface area contributed by atoms with Crippen molar-refractivity contribution in [2.24, 2.45) is 0 Å². The summed E-state index contributed by atoms with van der Waals surface area (Å²) in [5.74, 6) is 1.49. The van der Waals surface area contributed by atoms with E-state index in [0.29, 0.717) is 6.29 Å². The monoisotopic (exact) mass is 403 g/mol. The van der Waals surface area contributed by atoms with Crippen LogP contribution in [0, 0.1) is 0 Å². The van der Waals surface area contributed by atoms with E-state index in [0.717, 1.165) is 54.4 Å². The molecule has 7 heteroatoms. The predicted molar refractivity (Wildman–Crippen MR) is 112 cm³/mol. The Hall–Kier alpha value is -1.57. The molecular formula is C20H25N3O2S2. The number of hydrogen-bond acceptors (Lipinski definition) is 6. The van der Waals surface area contributed by atoms with Crippen LogP contribution in [0.2, 0.25) is 0 Å². The number of Topliss-reactive ketones (excluding diaryl/α,β-unsaturated/α-hetero) is 1. The number of rotatable bonds is 10. The number of fused-ring (bicyclic) bond motifs is 1.